The summed E-state index contributed by atoms with van der Waals surface area (Å²) in [6, 6.07) is 6.51. The standard InChI is InChI=1S/C21H24ClN3O3/c1-20(2)12-8-9-21(20,3)16(10-12)23-11-15-17(26)24-19(28)25(18(15)27)14-6-4-13(22)5-7-14/h4-7,11-12,16,27H,8-10H2,1-3H3,(H,24,26,28)/t12-,16-,21+/m0/s1. The molecule has 2 aromatic rings. The highest BCUT2D eigenvalue weighted by Gasteiger charge is 2.61. The summed E-state index contributed by atoms with van der Waals surface area (Å²) in [5.74, 6) is 0.196. The van der Waals surface area contributed by atoms with Gasteiger partial charge in [0.1, 0.15) is 5.56 Å². The zero-order valence-corrected chi connectivity index (χ0v) is 17.0. The first-order valence-electron chi connectivity index (χ1n) is 9.52. The van der Waals surface area contributed by atoms with Gasteiger partial charge in [-0.15, -0.1) is 0 Å². The molecule has 0 amide bonds. The number of H-pyrrole nitrogens is 1. The van der Waals surface area contributed by atoms with Gasteiger partial charge in [-0.2, -0.15) is 0 Å². The van der Waals surface area contributed by atoms with Crippen molar-refractivity contribution < 1.29 is 5.11 Å². The molecule has 0 spiro atoms. The van der Waals surface area contributed by atoms with Crippen molar-refractivity contribution in [1.82, 2.24) is 9.55 Å². The Morgan fingerprint density at radius 3 is 2.50 bits per heavy atom. The third-order valence-corrected chi connectivity index (χ3v) is 7.59. The van der Waals surface area contributed by atoms with E-state index in [1.165, 1.54) is 12.6 Å². The number of aromatic amines is 1. The maximum absolute atomic E-state index is 12.3. The molecule has 3 atom stereocenters. The quantitative estimate of drug-likeness (QED) is 0.771. The smallest absolute Gasteiger partial charge is 0.335 e. The van der Waals surface area contributed by atoms with Gasteiger partial charge in [0.05, 0.1) is 11.7 Å². The second-order valence-corrected chi connectivity index (χ2v) is 9.15. The third kappa shape index (κ3) is 2.65. The van der Waals surface area contributed by atoms with Crippen LogP contribution in [0, 0.1) is 16.7 Å². The van der Waals surface area contributed by atoms with Crippen molar-refractivity contribution in [2.24, 2.45) is 21.7 Å². The number of benzene rings is 1. The van der Waals surface area contributed by atoms with E-state index >= 15 is 0 Å². The number of rotatable bonds is 3. The summed E-state index contributed by atoms with van der Waals surface area (Å²) in [6.45, 7) is 6.86. The molecule has 28 heavy (non-hydrogen) atoms. The van der Waals surface area contributed by atoms with Crippen LogP contribution in [-0.4, -0.2) is 26.9 Å². The second-order valence-electron chi connectivity index (χ2n) is 8.71. The van der Waals surface area contributed by atoms with E-state index < -0.39 is 17.1 Å². The maximum Gasteiger partial charge on any atom is 0.335 e. The highest BCUT2D eigenvalue weighted by atomic mass is 35.5. The van der Waals surface area contributed by atoms with Gasteiger partial charge >= 0.3 is 5.69 Å². The van der Waals surface area contributed by atoms with E-state index in [0.29, 0.717) is 16.6 Å². The Morgan fingerprint density at radius 2 is 1.93 bits per heavy atom. The molecule has 2 saturated carbocycles. The molecule has 2 fully saturated rings. The minimum absolute atomic E-state index is 0.0151. The molecule has 0 aliphatic heterocycles. The third-order valence-electron chi connectivity index (χ3n) is 7.34. The fourth-order valence-electron chi connectivity index (χ4n) is 5.04. The lowest BCUT2D eigenvalue weighted by atomic mass is 9.69. The lowest BCUT2D eigenvalue weighted by molar-refractivity contribution is 0.137. The first-order chi connectivity index (χ1) is 13.1. The van der Waals surface area contributed by atoms with Crippen molar-refractivity contribution in [1.29, 1.82) is 0 Å². The van der Waals surface area contributed by atoms with Crippen LogP contribution in [0.2, 0.25) is 5.02 Å². The van der Waals surface area contributed by atoms with Gasteiger partial charge in [-0.3, -0.25) is 14.8 Å². The summed E-state index contributed by atoms with van der Waals surface area (Å²) in [5.41, 5.74) is -0.698. The summed E-state index contributed by atoms with van der Waals surface area (Å²) in [7, 11) is 0. The summed E-state index contributed by atoms with van der Waals surface area (Å²) in [6.07, 6.45) is 4.73. The highest BCUT2D eigenvalue weighted by Crippen LogP contribution is 2.66. The van der Waals surface area contributed by atoms with Crippen molar-refractivity contribution in [3.8, 4) is 11.6 Å². The Labute approximate surface area is 167 Å². The van der Waals surface area contributed by atoms with Crippen LogP contribution in [0.4, 0.5) is 0 Å². The van der Waals surface area contributed by atoms with Gasteiger partial charge in [-0.1, -0.05) is 32.4 Å². The second kappa shape index (κ2) is 6.34. The molecule has 0 radical (unpaired) electrons. The van der Waals surface area contributed by atoms with Crippen molar-refractivity contribution in [3.63, 3.8) is 0 Å². The highest BCUT2D eigenvalue weighted by molar-refractivity contribution is 6.30. The summed E-state index contributed by atoms with van der Waals surface area (Å²) in [4.78, 5) is 31.6. The zero-order valence-electron chi connectivity index (χ0n) is 16.2. The molecular formula is C21H24ClN3O3. The van der Waals surface area contributed by atoms with Crippen molar-refractivity contribution in [2.75, 3.05) is 0 Å². The van der Waals surface area contributed by atoms with E-state index in [1.54, 1.807) is 24.3 Å². The average Bonchev–Trinajstić information content (AvgIpc) is 2.96. The Hall–Kier alpha value is -2.34. The Balaban J connectivity index is 1.74. The minimum Gasteiger partial charge on any atom is -0.493 e. The SMILES string of the molecule is CC1(C)[C@H]2CC[C@]1(C)[C@@H](N=Cc1c(O)n(-c3ccc(Cl)cc3)c(=O)[nH]c1=O)C2. The van der Waals surface area contributed by atoms with Gasteiger partial charge in [-0.25, -0.2) is 9.36 Å². The largest absolute Gasteiger partial charge is 0.493 e. The lowest BCUT2D eigenvalue weighted by Gasteiger charge is -2.37. The fourth-order valence-corrected chi connectivity index (χ4v) is 5.16. The molecule has 148 valence electrons. The number of aromatic nitrogens is 2. The van der Waals surface area contributed by atoms with Gasteiger partial charge in [0.25, 0.3) is 5.56 Å². The number of aliphatic imine (C=N–C) groups is 1. The molecule has 1 heterocycles. The zero-order chi connectivity index (χ0) is 20.3. The molecule has 4 rings (SSSR count). The number of hydrogen-bond acceptors (Lipinski definition) is 4. The van der Waals surface area contributed by atoms with Gasteiger partial charge in [0.15, 0.2) is 0 Å². The molecule has 2 aliphatic rings. The fraction of sp³-hybridized carbons (Fsp3) is 0.476. The monoisotopic (exact) mass is 401 g/mol. The van der Waals surface area contributed by atoms with Gasteiger partial charge in [-0.05, 0) is 60.3 Å². The van der Waals surface area contributed by atoms with E-state index in [0.717, 1.165) is 17.4 Å². The van der Waals surface area contributed by atoms with Crippen LogP contribution in [0.3, 0.4) is 0 Å². The molecule has 1 aromatic heterocycles. The summed E-state index contributed by atoms with van der Waals surface area (Å²) >= 11 is 5.90. The van der Waals surface area contributed by atoms with Crippen molar-refractivity contribution in [2.45, 2.75) is 46.1 Å². The Bertz CT molecular complexity index is 1070. The number of halogens is 1. The van der Waals surface area contributed by atoms with Crippen molar-refractivity contribution in [3.05, 3.63) is 55.7 Å². The molecule has 2 aliphatic carbocycles. The Kier molecular flexibility index (Phi) is 4.30. The number of hydrogen-bond donors (Lipinski definition) is 2. The molecule has 7 heteroatoms. The van der Waals surface area contributed by atoms with Crippen LogP contribution in [0.1, 0.15) is 45.6 Å². The van der Waals surface area contributed by atoms with Crippen LogP contribution in [0.5, 0.6) is 5.88 Å². The number of nitrogens with zero attached hydrogens (tertiary/aromatic N) is 2. The van der Waals surface area contributed by atoms with Crippen LogP contribution in [0.25, 0.3) is 5.69 Å². The minimum atomic E-state index is -0.713. The van der Waals surface area contributed by atoms with E-state index in [2.05, 4.69) is 25.8 Å². The number of aromatic hydroxyl groups is 1. The van der Waals surface area contributed by atoms with Crippen LogP contribution in [0.15, 0.2) is 38.8 Å². The predicted octanol–water partition coefficient (Wildman–Crippen LogP) is 3.52. The van der Waals surface area contributed by atoms with E-state index in [-0.39, 0.29) is 22.4 Å². The first-order valence-corrected chi connectivity index (χ1v) is 9.90. The van der Waals surface area contributed by atoms with E-state index in [4.69, 9.17) is 16.6 Å². The average molecular weight is 402 g/mol. The van der Waals surface area contributed by atoms with Gasteiger partial charge in [0.2, 0.25) is 5.88 Å². The topological polar surface area (TPSA) is 87.4 Å². The van der Waals surface area contributed by atoms with Gasteiger partial charge < -0.3 is 5.11 Å². The first kappa shape index (κ1) is 19.0. The normalized spacial score (nSPS) is 28.3. The number of fused-ring (bicyclic) bond motifs is 2. The molecule has 2 N–H and O–H groups in total. The van der Waals surface area contributed by atoms with E-state index in [9.17, 15) is 14.7 Å². The molecule has 0 unspecified atom stereocenters. The van der Waals surface area contributed by atoms with Gasteiger partial charge in [0, 0.05) is 11.2 Å². The predicted molar refractivity (Wildman–Crippen MR) is 110 cm³/mol. The summed E-state index contributed by atoms with van der Waals surface area (Å²) < 4.78 is 1.05. The maximum atomic E-state index is 12.3. The van der Waals surface area contributed by atoms with Crippen LogP contribution in [-0.2, 0) is 0 Å². The van der Waals surface area contributed by atoms with E-state index in [1.807, 2.05) is 0 Å². The van der Waals surface area contributed by atoms with Crippen LogP contribution >= 0.6 is 11.6 Å². The lowest BCUT2D eigenvalue weighted by Crippen LogP contribution is -2.35. The summed E-state index contributed by atoms with van der Waals surface area (Å²) in [5, 5.41) is 11.2. The molecule has 1 aromatic carbocycles. The Morgan fingerprint density at radius 1 is 1.25 bits per heavy atom. The molecule has 6 nitrogen and oxygen atoms in total. The van der Waals surface area contributed by atoms with Crippen LogP contribution < -0.4 is 11.2 Å². The molecule has 2 bridgehead atoms. The molecule has 0 saturated heterocycles. The molecular weight excluding hydrogens is 378 g/mol. The number of nitrogens with one attached hydrogen (secondary N) is 1. The van der Waals surface area contributed by atoms with Crippen molar-refractivity contribution >= 4 is 17.8 Å².